The zero-order valence-corrected chi connectivity index (χ0v) is 11.4. The van der Waals surface area contributed by atoms with Crippen LogP contribution in [0.3, 0.4) is 0 Å². The van der Waals surface area contributed by atoms with Gasteiger partial charge in [-0.1, -0.05) is 11.8 Å². The summed E-state index contributed by atoms with van der Waals surface area (Å²) < 4.78 is 26.1. The topological polar surface area (TPSA) is 57.8 Å². The summed E-state index contributed by atoms with van der Waals surface area (Å²) in [4.78, 5) is 18.6. The Labute approximate surface area is 118 Å². The lowest BCUT2D eigenvalue weighted by molar-refractivity contribution is -0.118. The number of hydrogen-bond acceptors (Lipinski definition) is 3. The molecule has 2 N–H and O–H groups in total. The molecule has 2 aromatic rings. The molecule has 0 aliphatic heterocycles. The molecule has 1 aromatic heterocycles. The summed E-state index contributed by atoms with van der Waals surface area (Å²) in [7, 11) is 0. The average molecular weight is 297 g/mol. The molecule has 1 saturated carbocycles. The first-order valence-corrected chi connectivity index (χ1v) is 7.34. The Bertz CT molecular complexity index is 615. The van der Waals surface area contributed by atoms with Crippen molar-refractivity contribution in [2.24, 2.45) is 5.92 Å². The maximum Gasteiger partial charge on any atom is 0.230 e. The number of imidazole rings is 1. The molecule has 1 aliphatic carbocycles. The number of benzene rings is 1. The first kappa shape index (κ1) is 13.4. The molecule has 4 nitrogen and oxygen atoms in total. The molecular formula is C13H13F2N3OS. The third-order valence-electron chi connectivity index (χ3n) is 3.13. The number of amides is 1. The number of rotatable bonds is 5. The largest absolute Gasteiger partial charge is 0.355 e. The second kappa shape index (κ2) is 5.40. The summed E-state index contributed by atoms with van der Waals surface area (Å²) in [5.41, 5.74) is 0.773. The first-order valence-electron chi connectivity index (χ1n) is 6.36. The number of fused-ring (bicyclic) bond motifs is 1. The van der Waals surface area contributed by atoms with E-state index in [1.165, 1.54) is 24.6 Å². The van der Waals surface area contributed by atoms with Gasteiger partial charge in [0, 0.05) is 18.7 Å². The lowest BCUT2D eigenvalue weighted by Crippen LogP contribution is -2.27. The molecule has 0 saturated heterocycles. The van der Waals surface area contributed by atoms with Gasteiger partial charge >= 0.3 is 0 Å². The number of nitrogens with zero attached hydrogens (tertiary/aromatic N) is 1. The molecule has 1 heterocycles. The van der Waals surface area contributed by atoms with Crippen LogP contribution in [-0.4, -0.2) is 28.2 Å². The van der Waals surface area contributed by atoms with Crippen LogP contribution >= 0.6 is 11.8 Å². The second-order valence-corrected chi connectivity index (χ2v) is 5.83. The van der Waals surface area contributed by atoms with Crippen molar-refractivity contribution in [2.75, 3.05) is 12.3 Å². The Hall–Kier alpha value is -1.63. The van der Waals surface area contributed by atoms with Gasteiger partial charge in [-0.05, 0) is 18.8 Å². The number of thioether (sulfide) groups is 1. The minimum atomic E-state index is -0.928. The SMILES string of the molecule is O=C(CSc1nc2cc(F)c(F)cc2[nH]1)NCC1CC1. The number of nitrogens with one attached hydrogen (secondary N) is 2. The zero-order chi connectivity index (χ0) is 14.1. The van der Waals surface area contributed by atoms with Crippen molar-refractivity contribution in [2.45, 2.75) is 18.0 Å². The summed E-state index contributed by atoms with van der Waals surface area (Å²) in [6, 6.07) is 2.10. The molecule has 7 heteroatoms. The minimum Gasteiger partial charge on any atom is -0.355 e. The molecule has 0 atom stereocenters. The summed E-state index contributed by atoms with van der Waals surface area (Å²) in [6.45, 7) is 0.732. The summed E-state index contributed by atoms with van der Waals surface area (Å²) in [5.74, 6) is -1.03. The van der Waals surface area contributed by atoms with Crippen LogP contribution in [-0.2, 0) is 4.79 Å². The van der Waals surface area contributed by atoms with E-state index < -0.39 is 11.6 Å². The Morgan fingerprint density at radius 2 is 2.15 bits per heavy atom. The van der Waals surface area contributed by atoms with Gasteiger partial charge in [0.2, 0.25) is 5.91 Å². The van der Waals surface area contributed by atoms with Gasteiger partial charge < -0.3 is 10.3 Å². The number of halogens is 2. The number of carbonyl (C=O) groups is 1. The average Bonchev–Trinajstić information content (AvgIpc) is 3.16. The van der Waals surface area contributed by atoms with E-state index in [1.54, 1.807) is 0 Å². The fourth-order valence-corrected chi connectivity index (χ4v) is 2.53. The van der Waals surface area contributed by atoms with E-state index in [1.807, 2.05) is 0 Å². The molecule has 0 spiro atoms. The molecule has 1 amide bonds. The molecule has 106 valence electrons. The molecule has 0 bridgehead atoms. The van der Waals surface area contributed by atoms with Gasteiger partial charge in [0.05, 0.1) is 16.8 Å². The predicted octanol–water partition coefficient (Wildman–Crippen LogP) is 2.46. The quantitative estimate of drug-likeness (QED) is 0.834. The molecule has 0 radical (unpaired) electrons. The van der Waals surface area contributed by atoms with Crippen LogP contribution < -0.4 is 5.32 Å². The Morgan fingerprint density at radius 3 is 2.90 bits per heavy atom. The molecule has 3 rings (SSSR count). The van der Waals surface area contributed by atoms with Crippen molar-refractivity contribution in [3.8, 4) is 0 Å². The van der Waals surface area contributed by atoms with Gasteiger partial charge in [0.25, 0.3) is 0 Å². The van der Waals surface area contributed by atoms with Crippen LogP contribution in [0.15, 0.2) is 17.3 Å². The smallest absolute Gasteiger partial charge is 0.230 e. The Kier molecular flexibility index (Phi) is 3.60. The van der Waals surface area contributed by atoms with E-state index in [9.17, 15) is 13.6 Å². The van der Waals surface area contributed by atoms with Gasteiger partial charge in [-0.15, -0.1) is 0 Å². The van der Waals surface area contributed by atoms with Crippen molar-refractivity contribution < 1.29 is 13.6 Å². The number of hydrogen-bond donors (Lipinski definition) is 2. The zero-order valence-electron chi connectivity index (χ0n) is 10.6. The third kappa shape index (κ3) is 3.09. The highest BCUT2D eigenvalue weighted by molar-refractivity contribution is 7.99. The highest BCUT2D eigenvalue weighted by atomic mass is 32.2. The van der Waals surface area contributed by atoms with E-state index >= 15 is 0 Å². The fourth-order valence-electron chi connectivity index (χ4n) is 1.81. The van der Waals surface area contributed by atoms with Crippen LogP contribution in [0.25, 0.3) is 11.0 Å². The first-order chi connectivity index (χ1) is 9.61. The van der Waals surface area contributed by atoms with Gasteiger partial charge in [-0.2, -0.15) is 0 Å². The van der Waals surface area contributed by atoms with Crippen molar-refractivity contribution in [1.82, 2.24) is 15.3 Å². The maximum absolute atomic E-state index is 13.1. The molecule has 1 aromatic carbocycles. The van der Waals surface area contributed by atoms with Gasteiger partial charge in [0.1, 0.15) is 0 Å². The molecular weight excluding hydrogens is 284 g/mol. The van der Waals surface area contributed by atoms with Gasteiger partial charge in [-0.3, -0.25) is 4.79 Å². The van der Waals surface area contributed by atoms with E-state index in [0.717, 1.165) is 18.7 Å². The van der Waals surface area contributed by atoms with E-state index in [-0.39, 0.29) is 11.7 Å². The monoisotopic (exact) mass is 297 g/mol. The van der Waals surface area contributed by atoms with E-state index in [0.29, 0.717) is 22.1 Å². The van der Waals surface area contributed by atoms with Crippen molar-refractivity contribution in [3.63, 3.8) is 0 Å². The molecule has 20 heavy (non-hydrogen) atoms. The minimum absolute atomic E-state index is 0.0558. The second-order valence-electron chi connectivity index (χ2n) is 4.86. The Balaban J connectivity index is 1.60. The molecule has 1 fully saturated rings. The highest BCUT2D eigenvalue weighted by Crippen LogP contribution is 2.27. The van der Waals surface area contributed by atoms with Crippen LogP contribution in [0.1, 0.15) is 12.8 Å². The van der Waals surface area contributed by atoms with E-state index in [2.05, 4.69) is 15.3 Å². The molecule has 1 aliphatic rings. The lowest BCUT2D eigenvalue weighted by atomic mass is 10.3. The number of aromatic nitrogens is 2. The number of aromatic amines is 1. The highest BCUT2D eigenvalue weighted by Gasteiger charge is 2.21. The normalized spacial score (nSPS) is 14.7. The summed E-state index contributed by atoms with van der Waals surface area (Å²) >= 11 is 1.21. The summed E-state index contributed by atoms with van der Waals surface area (Å²) in [6.07, 6.45) is 2.38. The lowest BCUT2D eigenvalue weighted by Gasteiger charge is -2.01. The number of H-pyrrole nitrogens is 1. The van der Waals surface area contributed by atoms with Crippen molar-refractivity contribution in [1.29, 1.82) is 0 Å². The fraction of sp³-hybridized carbons (Fsp3) is 0.385. The standard InChI is InChI=1S/C13H13F2N3OS/c14-8-3-10-11(4-9(8)15)18-13(17-10)20-6-12(19)16-5-7-1-2-7/h3-4,7H,1-2,5-6H2,(H,16,19)(H,17,18). The summed E-state index contributed by atoms with van der Waals surface area (Å²) in [5, 5.41) is 3.32. The van der Waals surface area contributed by atoms with Gasteiger partial charge in [0.15, 0.2) is 16.8 Å². The van der Waals surface area contributed by atoms with Gasteiger partial charge in [-0.25, -0.2) is 13.8 Å². The third-order valence-corrected chi connectivity index (χ3v) is 4.00. The predicted molar refractivity (Wildman–Crippen MR) is 72.5 cm³/mol. The van der Waals surface area contributed by atoms with Crippen LogP contribution in [0.4, 0.5) is 8.78 Å². The van der Waals surface area contributed by atoms with Crippen LogP contribution in [0.5, 0.6) is 0 Å². The van der Waals surface area contributed by atoms with Crippen LogP contribution in [0.2, 0.25) is 0 Å². The number of carbonyl (C=O) groups excluding carboxylic acids is 1. The van der Waals surface area contributed by atoms with Crippen molar-refractivity contribution >= 4 is 28.7 Å². The van der Waals surface area contributed by atoms with Crippen LogP contribution in [0, 0.1) is 17.6 Å². The van der Waals surface area contributed by atoms with E-state index in [4.69, 9.17) is 0 Å². The maximum atomic E-state index is 13.1. The Morgan fingerprint density at radius 1 is 1.40 bits per heavy atom. The van der Waals surface area contributed by atoms with Crippen molar-refractivity contribution in [3.05, 3.63) is 23.8 Å². The molecule has 0 unspecified atom stereocenters.